The van der Waals surface area contributed by atoms with E-state index >= 15 is 0 Å². The maximum absolute atomic E-state index is 11.0. The molecule has 0 saturated carbocycles. The summed E-state index contributed by atoms with van der Waals surface area (Å²) in [4.78, 5) is 16.4. The van der Waals surface area contributed by atoms with Crippen molar-refractivity contribution < 1.29 is 9.53 Å². The summed E-state index contributed by atoms with van der Waals surface area (Å²) in [5, 5.41) is 0. The van der Waals surface area contributed by atoms with Gasteiger partial charge in [-0.15, -0.1) is 0 Å². The summed E-state index contributed by atoms with van der Waals surface area (Å²) in [6.07, 6.45) is 0. The zero-order valence-electron chi connectivity index (χ0n) is 5.99. The predicted octanol–water partition coefficient (Wildman–Crippen LogP) is -1.46. The van der Waals surface area contributed by atoms with E-state index in [0.29, 0.717) is 25.7 Å². The number of hydrogen-bond donors (Lipinski definition) is 1. The second-order valence-electron chi connectivity index (χ2n) is 2.59. The maximum atomic E-state index is 11.0. The summed E-state index contributed by atoms with van der Waals surface area (Å²) >= 11 is 0. The monoisotopic (exact) mass is 155 g/mol. The van der Waals surface area contributed by atoms with Crippen molar-refractivity contribution in [2.24, 2.45) is 10.7 Å². The lowest BCUT2D eigenvalue weighted by Gasteiger charge is -2.28. The maximum Gasteiger partial charge on any atom is 0.274 e. The van der Waals surface area contributed by atoms with E-state index in [-0.39, 0.29) is 11.9 Å². The van der Waals surface area contributed by atoms with Gasteiger partial charge < -0.3 is 15.4 Å². The first-order chi connectivity index (χ1) is 5.29. The molecule has 0 spiro atoms. The number of aliphatic imine (C=N–C) groups is 1. The van der Waals surface area contributed by atoms with E-state index in [9.17, 15) is 4.79 Å². The average molecular weight is 155 g/mol. The second-order valence-corrected chi connectivity index (χ2v) is 2.59. The lowest BCUT2D eigenvalue weighted by Crippen LogP contribution is -2.49. The van der Waals surface area contributed by atoms with E-state index in [1.54, 1.807) is 4.90 Å². The minimum Gasteiger partial charge on any atom is -0.377 e. The Balaban J connectivity index is 2.21. The number of morpholine rings is 1. The Morgan fingerprint density at radius 2 is 2.55 bits per heavy atom. The van der Waals surface area contributed by atoms with Gasteiger partial charge in [0.1, 0.15) is 6.04 Å². The molecule has 0 aromatic carbocycles. The van der Waals surface area contributed by atoms with Crippen molar-refractivity contribution in [3.8, 4) is 0 Å². The third kappa shape index (κ3) is 0.883. The van der Waals surface area contributed by atoms with Crippen LogP contribution in [0.3, 0.4) is 0 Å². The van der Waals surface area contributed by atoms with Crippen molar-refractivity contribution in [1.82, 2.24) is 4.90 Å². The lowest BCUT2D eigenvalue weighted by atomic mass is 10.2. The Kier molecular flexibility index (Phi) is 1.32. The molecule has 1 amide bonds. The van der Waals surface area contributed by atoms with E-state index in [4.69, 9.17) is 10.5 Å². The third-order valence-electron chi connectivity index (χ3n) is 1.93. The van der Waals surface area contributed by atoms with Gasteiger partial charge in [-0.1, -0.05) is 0 Å². The number of nitrogens with two attached hydrogens (primary N) is 1. The van der Waals surface area contributed by atoms with E-state index in [1.165, 1.54) is 0 Å². The van der Waals surface area contributed by atoms with E-state index in [0.717, 1.165) is 0 Å². The van der Waals surface area contributed by atoms with Crippen molar-refractivity contribution in [3.05, 3.63) is 0 Å². The van der Waals surface area contributed by atoms with Crippen LogP contribution in [0, 0.1) is 0 Å². The van der Waals surface area contributed by atoms with Gasteiger partial charge in [-0.2, -0.15) is 4.99 Å². The summed E-state index contributed by atoms with van der Waals surface area (Å²) in [7, 11) is 0. The molecule has 1 fully saturated rings. The second kappa shape index (κ2) is 2.20. The first kappa shape index (κ1) is 6.60. The fraction of sp³-hybridized carbons (Fsp3) is 0.667. The summed E-state index contributed by atoms with van der Waals surface area (Å²) in [6, 6.07) is -0.247. The molecule has 2 aliphatic heterocycles. The van der Waals surface area contributed by atoms with Crippen LogP contribution in [0.5, 0.6) is 0 Å². The average Bonchev–Trinajstić information content (AvgIpc) is 2.30. The van der Waals surface area contributed by atoms with Gasteiger partial charge in [0.2, 0.25) is 0 Å². The third-order valence-corrected chi connectivity index (χ3v) is 1.93. The Morgan fingerprint density at radius 1 is 1.73 bits per heavy atom. The molecule has 2 rings (SSSR count). The van der Waals surface area contributed by atoms with Crippen molar-refractivity contribution in [3.63, 3.8) is 0 Å². The fourth-order valence-corrected chi connectivity index (χ4v) is 1.33. The lowest BCUT2D eigenvalue weighted by molar-refractivity contribution is -0.124. The number of fused-ring (bicyclic) bond motifs is 1. The van der Waals surface area contributed by atoms with Crippen molar-refractivity contribution in [1.29, 1.82) is 0 Å². The molecule has 60 valence electrons. The molecule has 2 heterocycles. The summed E-state index contributed by atoms with van der Waals surface area (Å²) < 4.78 is 5.11. The molecule has 0 aromatic rings. The topological polar surface area (TPSA) is 67.9 Å². The van der Waals surface area contributed by atoms with Crippen LogP contribution in [0.4, 0.5) is 0 Å². The molecule has 0 aromatic heterocycles. The Morgan fingerprint density at radius 3 is 3.27 bits per heavy atom. The largest absolute Gasteiger partial charge is 0.377 e. The van der Waals surface area contributed by atoms with Crippen molar-refractivity contribution in [2.45, 2.75) is 6.04 Å². The smallest absolute Gasteiger partial charge is 0.274 e. The van der Waals surface area contributed by atoms with Gasteiger partial charge >= 0.3 is 0 Å². The highest BCUT2D eigenvalue weighted by Gasteiger charge is 2.35. The normalized spacial score (nSPS) is 30.2. The number of hydrogen-bond acceptors (Lipinski definition) is 4. The van der Waals surface area contributed by atoms with Gasteiger partial charge in [-0.25, -0.2) is 0 Å². The highest BCUT2D eigenvalue weighted by molar-refractivity contribution is 6.02. The highest BCUT2D eigenvalue weighted by atomic mass is 16.5. The van der Waals surface area contributed by atoms with Gasteiger partial charge in [-0.3, -0.25) is 4.79 Å². The number of nitrogens with zero attached hydrogens (tertiary/aromatic N) is 2. The van der Waals surface area contributed by atoms with E-state index in [2.05, 4.69) is 4.99 Å². The number of amides is 1. The number of carbonyl (C=O) groups is 1. The molecule has 1 saturated heterocycles. The standard InChI is InChI=1S/C6H9N3O2/c7-6-8-5(10)4-3-11-2-1-9(4)6/h4H,1-3H2,(H2,7,8,10). The van der Waals surface area contributed by atoms with Crippen LogP contribution in [0.2, 0.25) is 0 Å². The van der Waals surface area contributed by atoms with Crippen LogP contribution in [-0.4, -0.2) is 42.6 Å². The molecule has 5 nitrogen and oxygen atoms in total. The van der Waals surface area contributed by atoms with Crippen LogP contribution in [0.25, 0.3) is 0 Å². The van der Waals surface area contributed by atoms with Gasteiger partial charge in [0, 0.05) is 6.54 Å². The molecule has 2 N–H and O–H groups in total. The van der Waals surface area contributed by atoms with E-state index < -0.39 is 0 Å². The molecule has 1 unspecified atom stereocenters. The number of rotatable bonds is 0. The number of carbonyl (C=O) groups excluding carboxylic acids is 1. The Hall–Kier alpha value is -1.10. The van der Waals surface area contributed by atoms with Crippen LogP contribution >= 0.6 is 0 Å². The minimum atomic E-state index is -0.247. The van der Waals surface area contributed by atoms with Crippen molar-refractivity contribution >= 4 is 11.9 Å². The van der Waals surface area contributed by atoms with Gasteiger partial charge in [0.15, 0.2) is 5.96 Å². The molecular weight excluding hydrogens is 146 g/mol. The molecule has 0 aliphatic carbocycles. The molecule has 11 heavy (non-hydrogen) atoms. The van der Waals surface area contributed by atoms with Crippen LogP contribution in [0.15, 0.2) is 4.99 Å². The van der Waals surface area contributed by atoms with E-state index in [1.807, 2.05) is 0 Å². The predicted molar refractivity (Wildman–Crippen MR) is 37.9 cm³/mol. The summed E-state index contributed by atoms with van der Waals surface area (Å²) in [5.74, 6) is 0.158. The van der Waals surface area contributed by atoms with Crippen molar-refractivity contribution in [2.75, 3.05) is 19.8 Å². The molecule has 2 aliphatic rings. The zero-order valence-corrected chi connectivity index (χ0v) is 5.99. The van der Waals surface area contributed by atoms with Gasteiger partial charge in [0.25, 0.3) is 5.91 Å². The van der Waals surface area contributed by atoms with Gasteiger partial charge in [-0.05, 0) is 0 Å². The molecular formula is C6H9N3O2. The first-order valence-electron chi connectivity index (χ1n) is 3.51. The zero-order chi connectivity index (χ0) is 7.84. The summed E-state index contributed by atoms with van der Waals surface area (Å²) in [6.45, 7) is 1.72. The minimum absolute atomic E-state index is 0.179. The first-order valence-corrected chi connectivity index (χ1v) is 3.51. The number of ether oxygens (including phenoxy) is 1. The number of guanidine groups is 1. The molecule has 5 heteroatoms. The quantitative estimate of drug-likeness (QED) is 0.464. The highest BCUT2D eigenvalue weighted by Crippen LogP contribution is 2.13. The Labute approximate surface area is 63.8 Å². The molecule has 1 atom stereocenters. The van der Waals surface area contributed by atoms with Crippen LogP contribution < -0.4 is 5.73 Å². The SMILES string of the molecule is NC1=NC(=O)C2COCCN12. The van der Waals surface area contributed by atoms with Crippen LogP contribution in [-0.2, 0) is 9.53 Å². The molecule has 0 radical (unpaired) electrons. The fourth-order valence-electron chi connectivity index (χ4n) is 1.33. The van der Waals surface area contributed by atoms with Gasteiger partial charge in [0.05, 0.1) is 13.2 Å². The Bertz CT molecular complexity index is 226. The van der Waals surface area contributed by atoms with Crippen LogP contribution in [0.1, 0.15) is 0 Å². The molecule has 0 bridgehead atoms. The summed E-state index contributed by atoms with van der Waals surface area (Å²) in [5.41, 5.74) is 5.48.